The molecule has 1 unspecified atom stereocenters. The topological polar surface area (TPSA) is 73.5 Å². The third-order valence-electron chi connectivity index (χ3n) is 3.40. The molecule has 3 N–H and O–H groups in total. The molecule has 20 heavy (non-hydrogen) atoms. The first-order valence-electron chi connectivity index (χ1n) is 7.48. The Kier molecular flexibility index (Phi) is 7.54. The Labute approximate surface area is 121 Å². The van der Waals surface area contributed by atoms with E-state index in [4.69, 9.17) is 0 Å². The minimum atomic E-state index is -0.442. The summed E-state index contributed by atoms with van der Waals surface area (Å²) in [5, 5.41) is 8.16. The van der Waals surface area contributed by atoms with E-state index >= 15 is 0 Å². The molecule has 6 heteroatoms. The molecule has 0 saturated carbocycles. The lowest BCUT2D eigenvalue weighted by atomic mass is 10.1. The molecular weight excluding hydrogens is 256 g/mol. The first-order chi connectivity index (χ1) is 9.51. The van der Waals surface area contributed by atoms with Crippen LogP contribution in [-0.2, 0) is 4.79 Å². The Morgan fingerprint density at radius 3 is 2.70 bits per heavy atom. The maximum absolute atomic E-state index is 11.6. The van der Waals surface area contributed by atoms with Crippen molar-refractivity contribution in [2.75, 3.05) is 33.2 Å². The second-order valence-electron chi connectivity index (χ2n) is 5.82. The van der Waals surface area contributed by atoms with E-state index in [9.17, 15) is 9.59 Å². The molecule has 6 nitrogen and oxygen atoms in total. The van der Waals surface area contributed by atoms with Gasteiger partial charge in [-0.25, -0.2) is 4.79 Å². The minimum absolute atomic E-state index is 0.225. The van der Waals surface area contributed by atoms with E-state index in [0.717, 1.165) is 19.6 Å². The summed E-state index contributed by atoms with van der Waals surface area (Å²) in [4.78, 5) is 25.0. The molecule has 0 spiro atoms. The molecule has 0 bridgehead atoms. The predicted octanol–water partition coefficient (Wildman–Crippen LogP) is 0.542. The monoisotopic (exact) mass is 284 g/mol. The number of nitrogens with zero attached hydrogens (tertiary/aromatic N) is 1. The molecule has 0 aromatic heterocycles. The van der Waals surface area contributed by atoms with Crippen LogP contribution in [0.1, 0.15) is 33.1 Å². The maximum atomic E-state index is 11.6. The lowest BCUT2D eigenvalue weighted by Crippen LogP contribution is -2.42. The van der Waals surface area contributed by atoms with Gasteiger partial charge in [0.15, 0.2) is 0 Å². The third kappa shape index (κ3) is 6.86. The summed E-state index contributed by atoms with van der Waals surface area (Å²) in [5.74, 6) is 0.343. The van der Waals surface area contributed by atoms with Crippen molar-refractivity contribution in [2.45, 2.75) is 39.2 Å². The summed E-state index contributed by atoms with van der Waals surface area (Å²) in [5.41, 5.74) is 0. The summed E-state index contributed by atoms with van der Waals surface area (Å²) in [6.45, 7) is 8.10. The number of urea groups is 1. The van der Waals surface area contributed by atoms with Crippen LogP contribution in [0, 0.1) is 5.92 Å². The van der Waals surface area contributed by atoms with E-state index in [-0.39, 0.29) is 5.91 Å². The van der Waals surface area contributed by atoms with E-state index in [1.165, 1.54) is 19.9 Å². The average Bonchev–Trinajstić information content (AvgIpc) is 2.88. The zero-order valence-electron chi connectivity index (χ0n) is 12.9. The first kappa shape index (κ1) is 16.9. The van der Waals surface area contributed by atoms with Crippen LogP contribution in [-0.4, -0.2) is 56.1 Å². The Bertz CT molecular complexity index is 314. The quantitative estimate of drug-likeness (QED) is 0.638. The molecule has 0 aliphatic carbocycles. The second kappa shape index (κ2) is 8.92. The van der Waals surface area contributed by atoms with Crippen LogP contribution >= 0.6 is 0 Å². The van der Waals surface area contributed by atoms with Gasteiger partial charge >= 0.3 is 6.03 Å². The van der Waals surface area contributed by atoms with Crippen molar-refractivity contribution in [3.8, 4) is 0 Å². The van der Waals surface area contributed by atoms with Crippen LogP contribution in [0.15, 0.2) is 0 Å². The van der Waals surface area contributed by atoms with E-state index in [1.54, 1.807) is 0 Å². The number of hydrogen-bond donors (Lipinski definition) is 3. The number of carbonyl (C=O) groups excluding carboxylic acids is 2. The second-order valence-corrected chi connectivity index (χ2v) is 5.82. The van der Waals surface area contributed by atoms with Gasteiger partial charge < -0.3 is 15.5 Å². The summed E-state index contributed by atoms with van der Waals surface area (Å²) < 4.78 is 0. The highest BCUT2D eigenvalue weighted by Gasteiger charge is 2.19. The van der Waals surface area contributed by atoms with Gasteiger partial charge in [0.2, 0.25) is 5.91 Å². The summed E-state index contributed by atoms with van der Waals surface area (Å²) in [6.07, 6.45) is 2.79. The van der Waals surface area contributed by atoms with Crippen LogP contribution in [0.25, 0.3) is 0 Å². The lowest BCUT2D eigenvalue weighted by molar-refractivity contribution is -0.120. The van der Waals surface area contributed by atoms with Crippen molar-refractivity contribution in [3.63, 3.8) is 0 Å². The van der Waals surface area contributed by atoms with Crippen molar-refractivity contribution in [3.05, 3.63) is 0 Å². The smallest absolute Gasteiger partial charge is 0.321 e. The highest BCUT2D eigenvalue weighted by molar-refractivity contribution is 5.94. The Morgan fingerprint density at radius 1 is 1.40 bits per heavy atom. The molecule has 0 radical (unpaired) electrons. The van der Waals surface area contributed by atoms with Crippen molar-refractivity contribution < 1.29 is 9.59 Å². The van der Waals surface area contributed by atoms with Crippen LogP contribution in [0.5, 0.6) is 0 Å². The summed E-state index contributed by atoms with van der Waals surface area (Å²) in [7, 11) is 1.50. The number of nitrogens with one attached hydrogen (secondary N) is 3. The highest BCUT2D eigenvalue weighted by atomic mass is 16.2. The van der Waals surface area contributed by atoms with E-state index < -0.39 is 6.03 Å². The molecule has 0 aromatic rings. The van der Waals surface area contributed by atoms with Gasteiger partial charge in [0.25, 0.3) is 0 Å². The zero-order chi connectivity index (χ0) is 15.0. The lowest BCUT2D eigenvalue weighted by Gasteiger charge is -2.27. The first-order valence-corrected chi connectivity index (χ1v) is 7.48. The summed E-state index contributed by atoms with van der Waals surface area (Å²) >= 11 is 0. The number of carbonyl (C=O) groups is 2. The largest absolute Gasteiger partial charge is 0.341 e. The number of hydrogen-bond acceptors (Lipinski definition) is 4. The third-order valence-corrected chi connectivity index (χ3v) is 3.40. The molecule has 1 aliphatic rings. The van der Waals surface area contributed by atoms with Crippen molar-refractivity contribution in [2.24, 2.45) is 5.92 Å². The highest BCUT2D eigenvalue weighted by Crippen LogP contribution is 2.09. The van der Waals surface area contributed by atoms with E-state index in [0.29, 0.717) is 24.9 Å². The van der Waals surface area contributed by atoms with Gasteiger partial charge in [-0.05, 0) is 25.3 Å². The molecule has 1 heterocycles. The molecule has 1 atom stereocenters. The average molecular weight is 284 g/mol. The fourth-order valence-electron chi connectivity index (χ4n) is 2.51. The Balaban J connectivity index is 2.35. The van der Waals surface area contributed by atoms with Crippen molar-refractivity contribution in [1.29, 1.82) is 0 Å². The Morgan fingerprint density at radius 2 is 2.15 bits per heavy atom. The molecular formula is C14H28N4O2. The molecule has 1 aliphatic heterocycles. The van der Waals surface area contributed by atoms with E-state index in [2.05, 4.69) is 34.7 Å². The normalized spacial score (nSPS) is 18.6. The van der Waals surface area contributed by atoms with Crippen LogP contribution in [0.2, 0.25) is 0 Å². The van der Waals surface area contributed by atoms with Gasteiger partial charge in [0.05, 0.1) is 0 Å². The van der Waals surface area contributed by atoms with Crippen LogP contribution in [0.4, 0.5) is 4.79 Å². The zero-order valence-corrected chi connectivity index (χ0v) is 12.9. The molecule has 1 saturated heterocycles. The molecule has 3 amide bonds. The van der Waals surface area contributed by atoms with Gasteiger partial charge in [-0.3, -0.25) is 10.1 Å². The predicted molar refractivity (Wildman–Crippen MR) is 79.5 cm³/mol. The van der Waals surface area contributed by atoms with Gasteiger partial charge in [-0.2, -0.15) is 0 Å². The molecule has 1 rings (SSSR count). The van der Waals surface area contributed by atoms with Gasteiger partial charge in [0.1, 0.15) is 0 Å². The number of rotatable bonds is 7. The Hall–Kier alpha value is -1.14. The molecule has 1 fully saturated rings. The van der Waals surface area contributed by atoms with E-state index in [1.807, 2.05) is 0 Å². The van der Waals surface area contributed by atoms with Crippen LogP contribution < -0.4 is 16.0 Å². The number of imide groups is 1. The minimum Gasteiger partial charge on any atom is -0.341 e. The van der Waals surface area contributed by atoms with Crippen LogP contribution in [0.3, 0.4) is 0 Å². The summed E-state index contributed by atoms with van der Waals surface area (Å²) in [6, 6.07) is 0.0959. The number of amides is 3. The maximum Gasteiger partial charge on any atom is 0.321 e. The molecule has 116 valence electrons. The van der Waals surface area contributed by atoms with Gasteiger partial charge in [0, 0.05) is 39.1 Å². The fraction of sp³-hybridized carbons (Fsp3) is 0.857. The van der Waals surface area contributed by atoms with Gasteiger partial charge in [-0.15, -0.1) is 0 Å². The fourth-order valence-corrected chi connectivity index (χ4v) is 2.51. The SMILES string of the molecule is CNC(=O)NC(=O)CCN(CC(C)C)CC1CCCN1. The molecule has 0 aromatic carbocycles. The van der Waals surface area contributed by atoms with Crippen molar-refractivity contribution in [1.82, 2.24) is 20.9 Å². The van der Waals surface area contributed by atoms with Crippen molar-refractivity contribution >= 4 is 11.9 Å². The standard InChI is InChI=1S/C14H28N4O2/c1-11(2)9-18(10-12-5-4-7-16-12)8-6-13(19)17-14(20)15-3/h11-12,16H,4-10H2,1-3H3,(H2,15,17,19,20). The van der Waals surface area contributed by atoms with Gasteiger partial charge in [-0.1, -0.05) is 13.8 Å².